The van der Waals surface area contributed by atoms with Crippen LogP contribution in [-0.4, -0.2) is 32.8 Å². The molecule has 3 N–H and O–H groups in total. The summed E-state index contributed by atoms with van der Waals surface area (Å²) in [5.41, 5.74) is -2.48. The lowest BCUT2D eigenvalue weighted by molar-refractivity contribution is 0.475. The van der Waals surface area contributed by atoms with Gasteiger partial charge in [-0.3, -0.25) is 19.7 Å². The van der Waals surface area contributed by atoms with Crippen molar-refractivity contribution in [2.75, 3.05) is 13.2 Å². The molecule has 88 valence electrons. The van der Waals surface area contributed by atoms with Crippen LogP contribution >= 0.6 is 0 Å². The van der Waals surface area contributed by atoms with Crippen molar-refractivity contribution in [2.24, 2.45) is 0 Å². The minimum atomic E-state index is -0.882. The third-order valence-corrected chi connectivity index (χ3v) is 1.86. The molecule has 0 radical (unpaired) electrons. The molecule has 0 unspecified atom stereocenters. The Bertz CT molecular complexity index is 750. The van der Waals surface area contributed by atoms with E-state index in [-0.39, 0.29) is 11.2 Å². The summed E-state index contributed by atoms with van der Waals surface area (Å²) in [6.45, 7) is 8.57. The van der Waals surface area contributed by atoms with E-state index in [0.29, 0.717) is 4.68 Å². The van der Waals surface area contributed by atoms with Gasteiger partial charge in [0, 0.05) is 0 Å². The Kier molecular flexibility index (Phi) is 2.63. The highest BCUT2D eigenvalue weighted by atomic mass is 16.6. The summed E-state index contributed by atoms with van der Waals surface area (Å²) in [5, 5.41) is 0. The fraction of sp³-hybridized carbons (Fsp3) is 0.250. The van der Waals surface area contributed by atoms with Crippen LogP contribution in [0.15, 0.2) is 14.4 Å². The van der Waals surface area contributed by atoms with Crippen molar-refractivity contribution in [1.29, 1.82) is 0 Å². The standard InChI is InChI=1S/C6H3N5O3.C2H4O/c1-7-11-4(12)2-3(10-6(11)14)9-5(13)8-2;1-2-3-1/h(H,10,14)(H2,8,9,13);1-2H2. The third-order valence-electron chi connectivity index (χ3n) is 1.86. The van der Waals surface area contributed by atoms with Crippen LogP contribution in [0.4, 0.5) is 0 Å². The van der Waals surface area contributed by atoms with Crippen molar-refractivity contribution in [3.05, 3.63) is 42.8 Å². The number of nitrogens with one attached hydrogen (secondary N) is 3. The van der Waals surface area contributed by atoms with Gasteiger partial charge in [0.2, 0.25) is 0 Å². The topological polar surface area (TPSA) is 120 Å². The number of hydrogen-bond donors (Lipinski definition) is 3. The van der Waals surface area contributed by atoms with Crippen molar-refractivity contribution in [3.63, 3.8) is 0 Å². The quantitative estimate of drug-likeness (QED) is 0.377. The Morgan fingerprint density at radius 3 is 2.35 bits per heavy atom. The van der Waals surface area contributed by atoms with E-state index >= 15 is 0 Å². The Morgan fingerprint density at radius 1 is 1.18 bits per heavy atom. The number of aromatic nitrogens is 4. The first-order valence-electron chi connectivity index (χ1n) is 4.56. The Labute approximate surface area is 92.5 Å². The smallest absolute Gasteiger partial charge is 0.377 e. The molecule has 0 spiro atoms. The number of rotatable bonds is 0. The zero-order valence-corrected chi connectivity index (χ0v) is 8.44. The maximum atomic E-state index is 11.3. The number of fused-ring (bicyclic) bond motifs is 1. The predicted octanol–water partition coefficient (Wildman–Crippen LogP) is -1.59. The Hall–Kier alpha value is -2.60. The van der Waals surface area contributed by atoms with Crippen molar-refractivity contribution in [3.8, 4) is 0 Å². The monoisotopic (exact) mass is 237 g/mol. The van der Waals surface area contributed by atoms with Gasteiger partial charge < -0.3 is 4.74 Å². The maximum absolute atomic E-state index is 11.3. The molecule has 0 aliphatic carbocycles. The molecule has 0 bridgehead atoms. The zero-order chi connectivity index (χ0) is 12.4. The fourth-order valence-corrected chi connectivity index (χ4v) is 1.09. The molecule has 17 heavy (non-hydrogen) atoms. The van der Waals surface area contributed by atoms with Crippen LogP contribution < -0.4 is 16.9 Å². The fourth-order valence-electron chi connectivity index (χ4n) is 1.09. The number of ether oxygens (including phenoxy) is 1. The summed E-state index contributed by atoms with van der Waals surface area (Å²) in [5.74, 6) is 0. The van der Waals surface area contributed by atoms with Crippen LogP contribution in [0.25, 0.3) is 16.1 Å². The summed E-state index contributed by atoms with van der Waals surface area (Å²) in [4.78, 5) is 42.4. The highest BCUT2D eigenvalue weighted by Crippen LogP contribution is 1.91. The minimum Gasteiger partial charge on any atom is -0.377 e. The van der Waals surface area contributed by atoms with Gasteiger partial charge in [-0.05, 0) is 0 Å². The molecule has 2 aromatic heterocycles. The molecular weight excluding hydrogens is 230 g/mol. The Morgan fingerprint density at radius 2 is 1.82 bits per heavy atom. The lowest BCUT2D eigenvalue weighted by Gasteiger charge is -1.87. The summed E-state index contributed by atoms with van der Waals surface area (Å²) >= 11 is 0. The van der Waals surface area contributed by atoms with Gasteiger partial charge in [-0.15, -0.1) is 4.95 Å². The lowest BCUT2D eigenvalue weighted by Crippen LogP contribution is -2.30. The van der Waals surface area contributed by atoms with Crippen LogP contribution in [0, 0.1) is 6.57 Å². The van der Waals surface area contributed by atoms with E-state index in [1.165, 1.54) is 0 Å². The highest BCUT2D eigenvalue weighted by molar-refractivity contribution is 5.67. The molecule has 1 aliphatic heterocycles. The largest absolute Gasteiger partial charge is 0.398 e. The number of aromatic amines is 3. The number of nitrogens with zero attached hydrogens (tertiary/aromatic N) is 2. The van der Waals surface area contributed by atoms with Crippen LogP contribution in [0.5, 0.6) is 0 Å². The molecule has 3 heterocycles. The van der Waals surface area contributed by atoms with Gasteiger partial charge in [-0.1, -0.05) is 0 Å². The van der Waals surface area contributed by atoms with Crippen molar-refractivity contribution in [2.45, 2.75) is 0 Å². The van der Waals surface area contributed by atoms with Gasteiger partial charge in [-0.25, -0.2) is 9.59 Å². The predicted molar refractivity (Wildman–Crippen MR) is 56.6 cm³/mol. The van der Waals surface area contributed by atoms with E-state index in [1.807, 2.05) is 0 Å². The van der Waals surface area contributed by atoms with Gasteiger partial charge in [0.25, 0.3) is 0 Å². The van der Waals surface area contributed by atoms with Gasteiger partial charge in [-0.2, -0.15) is 6.57 Å². The van der Waals surface area contributed by atoms with E-state index < -0.39 is 16.9 Å². The molecule has 0 amide bonds. The van der Waals surface area contributed by atoms with E-state index in [2.05, 4.69) is 24.6 Å². The third kappa shape index (κ3) is 2.16. The lowest BCUT2D eigenvalue weighted by atomic mass is 10.5. The van der Waals surface area contributed by atoms with Crippen LogP contribution in [0.3, 0.4) is 0 Å². The SMILES string of the molecule is C1CO1.[C-]#[N+]n1c(=O)[nH]c2[nH]c(=O)[nH]c2c1=O. The van der Waals surface area contributed by atoms with Crippen LogP contribution in [0.1, 0.15) is 0 Å². The van der Waals surface area contributed by atoms with Gasteiger partial charge in [0.05, 0.1) is 17.9 Å². The van der Waals surface area contributed by atoms with Crippen molar-refractivity contribution < 1.29 is 4.74 Å². The second kappa shape index (κ2) is 4.11. The maximum Gasteiger partial charge on any atom is 0.398 e. The summed E-state index contributed by atoms with van der Waals surface area (Å²) in [6, 6.07) is 0. The average Bonchev–Trinajstić information content (AvgIpc) is 3.09. The summed E-state index contributed by atoms with van der Waals surface area (Å²) in [6.07, 6.45) is 0. The first-order valence-corrected chi connectivity index (χ1v) is 4.56. The molecule has 9 heteroatoms. The molecule has 3 rings (SSSR count). The first-order chi connectivity index (χ1) is 8.13. The van der Waals surface area contributed by atoms with Crippen LogP contribution in [-0.2, 0) is 4.74 Å². The van der Waals surface area contributed by atoms with Crippen LogP contribution in [0.2, 0.25) is 0 Å². The Balaban J connectivity index is 0.000000313. The molecular formula is C8H7N5O4. The number of epoxide rings is 1. The molecule has 0 atom stereocenters. The molecule has 9 nitrogen and oxygen atoms in total. The molecule has 0 saturated carbocycles. The minimum absolute atomic E-state index is 0.00935. The molecule has 1 fully saturated rings. The van der Waals surface area contributed by atoms with Crippen molar-refractivity contribution in [1.82, 2.24) is 19.6 Å². The average molecular weight is 237 g/mol. The summed E-state index contributed by atoms with van der Waals surface area (Å²) in [7, 11) is 0. The van der Waals surface area contributed by atoms with E-state index in [0.717, 1.165) is 13.2 Å². The normalized spacial score (nSPS) is 12.6. The second-order valence-electron chi connectivity index (χ2n) is 3.09. The van der Waals surface area contributed by atoms with E-state index in [4.69, 9.17) is 6.57 Å². The molecule has 1 saturated heterocycles. The van der Waals surface area contributed by atoms with E-state index in [9.17, 15) is 14.4 Å². The summed E-state index contributed by atoms with van der Waals surface area (Å²) < 4.78 is 4.80. The first kappa shape index (κ1) is 10.9. The second-order valence-corrected chi connectivity index (χ2v) is 3.09. The van der Waals surface area contributed by atoms with Gasteiger partial charge in [0.1, 0.15) is 5.65 Å². The number of imidazole rings is 1. The highest BCUT2D eigenvalue weighted by Gasteiger charge is 2.12. The van der Waals surface area contributed by atoms with Crippen molar-refractivity contribution >= 4 is 11.2 Å². The molecule has 1 aliphatic rings. The molecule has 0 aromatic carbocycles. The number of H-pyrrole nitrogens is 3. The van der Waals surface area contributed by atoms with Gasteiger partial charge in [0.15, 0.2) is 5.52 Å². The molecule has 2 aromatic rings. The number of hydrogen-bond acceptors (Lipinski definition) is 4. The van der Waals surface area contributed by atoms with E-state index in [1.54, 1.807) is 0 Å². The zero-order valence-electron chi connectivity index (χ0n) is 8.44. The van der Waals surface area contributed by atoms with Gasteiger partial charge >= 0.3 is 16.9 Å².